The van der Waals surface area contributed by atoms with Gasteiger partial charge >= 0.3 is 0 Å². The molecule has 1 unspecified atom stereocenters. The first-order valence-corrected chi connectivity index (χ1v) is 6.72. The molecule has 3 rings (SSSR count). The second-order valence-corrected chi connectivity index (χ2v) is 5.11. The number of hydrogen-bond donors (Lipinski definition) is 2. The monoisotopic (exact) mass is 244 g/mol. The molecule has 2 heterocycles. The molecular formula is C15H20N2O. The van der Waals surface area contributed by atoms with Crippen LogP contribution in [0.1, 0.15) is 18.4 Å². The molecule has 0 amide bonds. The molecule has 1 aliphatic heterocycles. The van der Waals surface area contributed by atoms with Crippen LogP contribution < -0.4 is 10.1 Å². The predicted octanol–water partition coefficient (Wildman–Crippen LogP) is 2.72. The number of H-pyrrole nitrogens is 1. The molecule has 18 heavy (non-hydrogen) atoms. The van der Waals surface area contributed by atoms with Crippen LogP contribution in [0.3, 0.4) is 0 Å². The molecule has 3 nitrogen and oxygen atoms in total. The molecule has 1 aromatic carbocycles. The summed E-state index contributed by atoms with van der Waals surface area (Å²) in [7, 11) is 1.77. The second-order valence-electron chi connectivity index (χ2n) is 5.11. The van der Waals surface area contributed by atoms with Gasteiger partial charge in [0.25, 0.3) is 0 Å². The molecular weight excluding hydrogens is 224 g/mol. The summed E-state index contributed by atoms with van der Waals surface area (Å²) >= 11 is 0. The fraction of sp³-hybridized carbons (Fsp3) is 0.467. The predicted molar refractivity (Wildman–Crippen MR) is 74.1 cm³/mol. The summed E-state index contributed by atoms with van der Waals surface area (Å²) in [6.07, 6.45) is 5.69. The van der Waals surface area contributed by atoms with E-state index in [1.54, 1.807) is 7.11 Å². The maximum absolute atomic E-state index is 5.62. The van der Waals surface area contributed by atoms with E-state index >= 15 is 0 Å². The van der Waals surface area contributed by atoms with Gasteiger partial charge in [-0.25, -0.2) is 0 Å². The summed E-state index contributed by atoms with van der Waals surface area (Å²) < 4.78 is 5.62. The van der Waals surface area contributed by atoms with Gasteiger partial charge in [-0.05, 0) is 56.0 Å². The van der Waals surface area contributed by atoms with Gasteiger partial charge in [0.1, 0.15) is 5.75 Å². The maximum atomic E-state index is 5.62. The normalized spacial score (nSPS) is 20.2. The zero-order valence-corrected chi connectivity index (χ0v) is 10.8. The van der Waals surface area contributed by atoms with E-state index in [1.165, 1.54) is 30.3 Å². The summed E-state index contributed by atoms with van der Waals surface area (Å²) in [5.74, 6) is 1.78. The summed E-state index contributed by atoms with van der Waals surface area (Å²) in [5.41, 5.74) is 2.48. The van der Waals surface area contributed by atoms with Crippen molar-refractivity contribution in [2.24, 2.45) is 5.92 Å². The van der Waals surface area contributed by atoms with Crippen LogP contribution in [0.15, 0.2) is 24.4 Å². The van der Waals surface area contributed by atoms with Crippen molar-refractivity contribution in [1.82, 2.24) is 10.3 Å². The van der Waals surface area contributed by atoms with E-state index < -0.39 is 0 Å². The van der Waals surface area contributed by atoms with E-state index in [0.29, 0.717) is 0 Å². The quantitative estimate of drug-likeness (QED) is 0.871. The Morgan fingerprint density at radius 1 is 1.33 bits per heavy atom. The first-order chi connectivity index (χ1) is 8.88. The van der Waals surface area contributed by atoms with Crippen LogP contribution in [-0.4, -0.2) is 25.2 Å². The van der Waals surface area contributed by atoms with Gasteiger partial charge in [0.05, 0.1) is 7.11 Å². The summed E-state index contributed by atoms with van der Waals surface area (Å²) in [6, 6.07) is 6.45. The average Bonchev–Trinajstić information content (AvgIpc) is 2.88. The van der Waals surface area contributed by atoms with Crippen LogP contribution >= 0.6 is 0 Å². The Kier molecular flexibility index (Phi) is 3.24. The highest BCUT2D eigenvalue weighted by Crippen LogP contribution is 2.31. The standard InChI is InChI=1S/C15H20N2O/c1-18-15-12(9-11-3-2-7-16-10-11)4-5-14-13(15)6-8-17-14/h4-6,8,11,16-17H,2-3,7,9-10H2,1H3. The van der Waals surface area contributed by atoms with Crippen LogP contribution in [0.2, 0.25) is 0 Å². The lowest BCUT2D eigenvalue weighted by Crippen LogP contribution is -2.30. The van der Waals surface area contributed by atoms with Gasteiger partial charge in [-0.15, -0.1) is 0 Å². The van der Waals surface area contributed by atoms with Crippen molar-refractivity contribution in [2.45, 2.75) is 19.3 Å². The highest BCUT2D eigenvalue weighted by Gasteiger charge is 2.17. The van der Waals surface area contributed by atoms with E-state index in [1.807, 2.05) is 6.20 Å². The lowest BCUT2D eigenvalue weighted by molar-refractivity contribution is 0.365. The molecule has 0 radical (unpaired) electrons. The van der Waals surface area contributed by atoms with E-state index in [9.17, 15) is 0 Å². The van der Waals surface area contributed by atoms with E-state index in [2.05, 4.69) is 28.5 Å². The minimum absolute atomic E-state index is 0.740. The van der Waals surface area contributed by atoms with Gasteiger partial charge in [-0.1, -0.05) is 6.07 Å². The number of aromatic nitrogens is 1. The molecule has 1 aliphatic rings. The Bertz CT molecular complexity index is 526. The number of nitrogens with one attached hydrogen (secondary N) is 2. The largest absolute Gasteiger partial charge is 0.496 e. The minimum Gasteiger partial charge on any atom is -0.496 e. The SMILES string of the molecule is COc1c(CC2CCCNC2)ccc2[nH]ccc12. The van der Waals surface area contributed by atoms with Crippen LogP contribution in [0.5, 0.6) is 5.75 Å². The van der Waals surface area contributed by atoms with E-state index in [0.717, 1.165) is 30.1 Å². The van der Waals surface area contributed by atoms with Gasteiger partial charge in [-0.3, -0.25) is 0 Å². The third kappa shape index (κ3) is 2.10. The van der Waals surface area contributed by atoms with Crippen LogP contribution in [0, 0.1) is 5.92 Å². The molecule has 1 atom stereocenters. The molecule has 1 aromatic heterocycles. The van der Waals surface area contributed by atoms with Gasteiger partial charge < -0.3 is 15.0 Å². The van der Waals surface area contributed by atoms with Crippen molar-refractivity contribution in [3.63, 3.8) is 0 Å². The van der Waals surface area contributed by atoms with Crippen LogP contribution in [0.4, 0.5) is 0 Å². The number of ether oxygens (including phenoxy) is 1. The van der Waals surface area contributed by atoms with Gasteiger partial charge in [0, 0.05) is 17.1 Å². The molecule has 2 aromatic rings. The van der Waals surface area contributed by atoms with Crippen LogP contribution in [0.25, 0.3) is 10.9 Å². The number of methoxy groups -OCH3 is 1. The number of rotatable bonds is 3. The smallest absolute Gasteiger partial charge is 0.131 e. The molecule has 1 saturated heterocycles. The van der Waals surface area contributed by atoms with E-state index in [-0.39, 0.29) is 0 Å². The highest BCUT2D eigenvalue weighted by atomic mass is 16.5. The second kappa shape index (κ2) is 5.02. The average molecular weight is 244 g/mol. The topological polar surface area (TPSA) is 37.0 Å². The molecule has 0 bridgehead atoms. The lowest BCUT2D eigenvalue weighted by atomic mass is 9.91. The minimum atomic E-state index is 0.740. The Morgan fingerprint density at radius 3 is 3.06 bits per heavy atom. The molecule has 0 aliphatic carbocycles. The van der Waals surface area contributed by atoms with Crippen molar-refractivity contribution < 1.29 is 4.74 Å². The molecule has 0 spiro atoms. The van der Waals surface area contributed by atoms with Crippen molar-refractivity contribution in [3.8, 4) is 5.75 Å². The number of aromatic amines is 1. The Morgan fingerprint density at radius 2 is 2.28 bits per heavy atom. The molecule has 96 valence electrons. The fourth-order valence-corrected chi connectivity index (χ4v) is 2.96. The first-order valence-electron chi connectivity index (χ1n) is 6.72. The lowest BCUT2D eigenvalue weighted by Gasteiger charge is -2.23. The van der Waals surface area contributed by atoms with Crippen molar-refractivity contribution >= 4 is 10.9 Å². The third-order valence-electron chi connectivity index (χ3n) is 3.88. The van der Waals surface area contributed by atoms with Crippen molar-refractivity contribution in [1.29, 1.82) is 0 Å². The summed E-state index contributed by atoms with van der Waals surface area (Å²) in [6.45, 7) is 2.30. The van der Waals surface area contributed by atoms with Gasteiger partial charge in [0.15, 0.2) is 0 Å². The summed E-state index contributed by atoms with van der Waals surface area (Å²) in [5, 5.41) is 4.67. The molecule has 1 fully saturated rings. The fourth-order valence-electron chi connectivity index (χ4n) is 2.96. The Balaban J connectivity index is 1.90. The number of piperidine rings is 1. The van der Waals surface area contributed by atoms with Crippen LogP contribution in [-0.2, 0) is 6.42 Å². The Hall–Kier alpha value is -1.48. The summed E-state index contributed by atoms with van der Waals surface area (Å²) in [4.78, 5) is 3.23. The molecule has 3 heteroatoms. The van der Waals surface area contributed by atoms with Gasteiger partial charge in [-0.2, -0.15) is 0 Å². The van der Waals surface area contributed by atoms with Gasteiger partial charge in [0.2, 0.25) is 0 Å². The number of benzene rings is 1. The third-order valence-corrected chi connectivity index (χ3v) is 3.88. The first kappa shape index (κ1) is 11.6. The zero-order valence-electron chi connectivity index (χ0n) is 10.8. The number of hydrogen-bond acceptors (Lipinski definition) is 2. The van der Waals surface area contributed by atoms with Crippen molar-refractivity contribution in [2.75, 3.05) is 20.2 Å². The van der Waals surface area contributed by atoms with Crippen molar-refractivity contribution in [3.05, 3.63) is 30.0 Å². The number of fused-ring (bicyclic) bond motifs is 1. The molecule has 0 saturated carbocycles. The molecule has 2 N–H and O–H groups in total. The highest BCUT2D eigenvalue weighted by molar-refractivity contribution is 5.87. The maximum Gasteiger partial charge on any atom is 0.131 e. The Labute approximate surface area is 108 Å². The van der Waals surface area contributed by atoms with E-state index in [4.69, 9.17) is 4.74 Å². The zero-order chi connectivity index (χ0) is 12.4.